The van der Waals surface area contributed by atoms with Crippen molar-refractivity contribution in [2.24, 2.45) is 0 Å². The third-order valence-electron chi connectivity index (χ3n) is 2.26. The average molecular weight is 283 g/mol. The Morgan fingerprint density at radius 1 is 1.26 bits per heavy atom. The normalized spacial score (nSPS) is 10.0. The Morgan fingerprint density at radius 2 is 1.84 bits per heavy atom. The molecule has 5 heteroatoms. The van der Waals surface area contributed by atoms with Crippen molar-refractivity contribution >= 4 is 15.8 Å². The van der Waals surface area contributed by atoms with Gasteiger partial charge < -0.3 is 5.32 Å². The zero-order chi connectivity index (χ0) is 14.7. The predicted octanol–water partition coefficient (Wildman–Crippen LogP) is 3.49. The van der Waals surface area contributed by atoms with Crippen LogP contribution in [0.4, 0.5) is 5.69 Å². The van der Waals surface area contributed by atoms with Gasteiger partial charge in [0, 0.05) is 6.54 Å². The molecule has 1 aromatic carbocycles. The summed E-state index contributed by atoms with van der Waals surface area (Å²) in [7, 11) is -4.14. The van der Waals surface area contributed by atoms with E-state index in [4.69, 9.17) is 4.55 Å². The quantitative estimate of drug-likeness (QED) is 0.476. The van der Waals surface area contributed by atoms with Crippen LogP contribution in [0.2, 0.25) is 0 Å². The summed E-state index contributed by atoms with van der Waals surface area (Å²) in [6, 6.07) is 6.35. The highest BCUT2D eigenvalue weighted by Crippen LogP contribution is 2.20. The molecule has 0 unspecified atom stereocenters. The predicted molar refractivity (Wildman–Crippen MR) is 79.0 cm³/mol. The Hall–Kier alpha value is -1.55. The molecule has 0 spiro atoms. The molecule has 2 N–H and O–H groups in total. The maximum absolute atomic E-state index is 11.1. The molecule has 0 aliphatic rings. The topological polar surface area (TPSA) is 66.4 Å². The van der Waals surface area contributed by atoms with Crippen molar-refractivity contribution in [2.45, 2.75) is 31.1 Å². The highest BCUT2D eigenvalue weighted by atomic mass is 32.2. The van der Waals surface area contributed by atoms with Gasteiger partial charge >= 0.3 is 0 Å². The van der Waals surface area contributed by atoms with Crippen LogP contribution in [0.15, 0.2) is 48.1 Å². The first-order chi connectivity index (χ1) is 8.97. The lowest BCUT2D eigenvalue weighted by molar-refractivity contribution is 0.483. The number of nitrogens with one attached hydrogen (secondary N) is 1. The zero-order valence-corrected chi connectivity index (χ0v) is 12.0. The second-order valence-corrected chi connectivity index (χ2v) is 5.25. The molecule has 19 heavy (non-hydrogen) atoms. The summed E-state index contributed by atoms with van der Waals surface area (Å²) >= 11 is 0. The first-order valence-corrected chi connectivity index (χ1v) is 7.51. The maximum Gasteiger partial charge on any atom is 0.296 e. The largest absolute Gasteiger partial charge is 0.384 e. The maximum atomic E-state index is 11.1. The molecule has 0 aliphatic carbocycles. The molecule has 0 aliphatic heterocycles. The molecule has 1 aromatic rings. The standard InChI is InChI=1S/C11H17NO3S.C3H4/c1-2-3-6-9-12-10-7-4-5-8-11(10)16(13,14)15;1-3-2/h4-5,7-8,12H,2-3,6,9H2,1H3,(H,13,14,15);1-2H2. The van der Waals surface area contributed by atoms with E-state index in [9.17, 15) is 8.42 Å². The van der Waals surface area contributed by atoms with Gasteiger partial charge in [-0.05, 0) is 18.6 Å². The zero-order valence-electron chi connectivity index (χ0n) is 11.2. The highest BCUT2D eigenvalue weighted by molar-refractivity contribution is 7.86. The molecule has 0 fully saturated rings. The lowest BCUT2D eigenvalue weighted by Gasteiger charge is -2.09. The van der Waals surface area contributed by atoms with E-state index in [1.54, 1.807) is 18.2 Å². The molecule has 0 atom stereocenters. The van der Waals surface area contributed by atoms with Crippen LogP contribution in [0.5, 0.6) is 0 Å². The minimum atomic E-state index is -4.14. The summed E-state index contributed by atoms with van der Waals surface area (Å²) in [6.45, 7) is 9.06. The first kappa shape index (κ1) is 17.4. The fraction of sp³-hybridized carbons (Fsp3) is 0.357. The van der Waals surface area contributed by atoms with Crippen molar-refractivity contribution in [3.8, 4) is 0 Å². The van der Waals surface area contributed by atoms with Crippen LogP contribution < -0.4 is 5.32 Å². The average Bonchev–Trinajstić information content (AvgIpc) is 2.35. The van der Waals surface area contributed by atoms with Gasteiger partial charge in [-0.1, -0.05) is 45.1 Å². The fourth-order valence-corrected chi connectivity index (χ4v) is 2.10. The number of benzene rings is 1. The minimum Gasteiger partial charge on any atom is -0.384 e. The van der Waals surface area contributed by atoms with Crippen molar-refractivity contribution in [3.63, 3.8) is 0 Å². The molecule has 4 nitrogen and oxygen atoms in total. The van der Waals surface area contributed by atoms with Crippen molar-refractivity contribution < 1.29 is 13.0 Å². The SMILES string of the molecule is C=C=C.CCCCCNc1ccccc1S(=O)(=O)O. The van der Waals surface area contributed by atoms with E-state index >= 15 is 0 Å². The number of unbranched alkanes of at least 4 members (excludes halogenated alkanes) is 2. The van der Waals surface area contributed by atoms with E-state index in [1.807, 2.05) is 0 Å². The molecule has 0 amide bonds. The smallest absolute Gasteiger partial charge is 0.296 e. The van der Waals surface area contributed by atoms with Gasteiger partial charge in [-0.25, -0.2) is 0 Å². The number of anilines is 1. The minimum absolute atomic E-state index is 0.0634. The van der Waals surface area contributed by atoms with E-state index in [0.29, 0.717) is 12.2 Å². The summed E-state index contributed by atoms with van der Waals surface area (Å²) in [5, 5.41) is 3.02. The van der Waals surface area contributed by atoms with Gasteiger partial charge in [-0.3, -0.25) is 4.55 Å². The van der Waals surface area contributed by atoms with Gasteiger partial charge in [-0.2, -0.15) is 8.42 Å². The lowest BCUT2D eigenvalue weighted by Crippen LogP contribution is -2.07. The van der Waals surface area contributed by atoms with Gasteiger partial charge in [0.1, 0.15) is 4.90 Å². The molecule has 0 saturated carbocycles. The van der Waals surface area contributed by atoms with E-state index in [2.05, 4.69) is 31.1 Å². The Labute approximate surface area is 115 Å². The Balaban J connectivity index is 0.000000982. The molecule has 0 heterocycles. The summed E-state index contributed by atoms with van der Waals surface area (Å²) in [6.07, 6.45) is 3.19. The van der Waals surface area contributed by atoms with Crippen molar-refractivity contribution in [1.82, 2.24) is 0 Å². The molecule has 0 saturated heterocycles. The molecule has 0 radical (unpaired) electrons. The van der Waals surface area contributed by atoms with Gasteiger partial charge in [0.25, 0.3) is 10.1 Å². The monoisotopic (exact) mass is 283 g/mol. The van der Waals surface area contributed by atoms with Gasteiger partial charge in [-0.15, -0.1) is 5.73 Å². The molecular weight excluding hydrogens is 262 g/mol. The van der Waals surface area contributed by atoms with Gasteiger partial charge in [0.05, 0.1) is 5.69 Å². The van der Waals surface area contributed by atoms with Crippen molar-refractivity contribution in [1.29, 1.82) is 0 Å². The second kappa shape index (κ2) is 9.39. The Bertz CT molecular complexity index is 503. The van der Waals surface area contributed by atoms with Gasteiger partial charge in [0.15, 0.2) is 0 Å². The summed E-state index contributed by atoms with van der Waals surface area (Å²) in [4.78, 5) is -0.0634. The number of hydrogen-bond donors (Lipinski definition) is 2. The molecule has 0 bridgehead atoms. The Kier molecular flexibility index (Phi) is 8.62. The second-order valence-electron chi connectivity index (χ2n) is 3.86. The molecule has 1 rings (SSSR count). The lowest BCUT2D eigenvalue weighted by atomic mass is 10.2. The van der Waals surface area contributed by atoms with Crippen molar-refractivity contribution in [3.05, 3.63) is 43.2 Å². The molecular formula is C14H21NO3S. The number of hydrogen-bond acceptors (Lipinski definition) is 3. The van der Waals surface area contributed by atoms with E-state index < -0.39 is 10.1 Å². The van der Waals surface area contributed by atoms with E-state index in [1.165, 1.54) is 6.07 Å². The van der Waals surface area contributed by atoms with Crippen LogP contribution in [0.25, 0.3) is 0 Å². The van der Waals surface area contributed by atoms with Crippen LogP contribution in [0, 0.1) is 0 Å². The summed E-state index contributed by atoms with van der Waals surface area (Å²) in [5.74, 6) is 0. The van der Waals surface area contributed by atoms with Crippen LogP contribution in [-0.4, -0.2) is 19.5 Å². The highest BCUT2D eigenvalue weighted by Gasteiger charge is 2.13. The van der Waals surface area contributed by atoms with E-state index in [-0.39, 0.29) is 4.90 Å². The van der Waals surface area contributed by atoms with E-state index in [0.717, 1.165) is 19.3 Å². The van der Waals surface area contributed by atoms with Crippen molar-refractivity contribution in [2.75, 3.05) is 11.9 Å². The van der Waals surface area contributed by atoms with Gasteiger partial charge in [0.2, 0.25) is 0 Å². The van der Waals surface area contributed by atoms with Crippen LogP contribution >= 0.6 is 0 Å². The number of para-hydroxylation sites is 1. The Morgan fingerprint density at radius 3 is 2.37 bits per heavy atom. The van der Waals surface area contributed by atoms with Crippen LogP contribution in [0.3, 0.4) is 0 Å². The first-order valence-electron chi connectivity index (χ1n) is 6.07. The third-order valence-corrected chi connectivity index (χ3v) is 3.17. The van der Waals surface area contributed by atoms with Crippen LogP contribution in [-0.2, 0) is 10.1 Å². The molecule has 0 aromatic heterocycles. The fourth-order valence-electron chi connectivity index (χ4n) is 1.44. The third kappa shape index (κ3) is 7.47. The molecule has 106 valence electrons. The van der Waals surface area contributed by atoms with Crippen LogP contribution in [0.1, 0.15) is 26.2 Å². The summed E-state index contributed by atoms with van der Waals surface area (Å²) in [5.41, 5.74) is 2.71. The summed E-state index contributed by atoms with van der Waals surface area (Å²) < 4.78 is 31.1. The number of rotatable bonds is 6.